The third kappa shape index (κ3) is 2.67. The molecule has 3 N–H and O–H groups in total. The van der Waals surface area contributed by atoms with Crippen LogP contribution in [0.3, 0.4) is 0 Å². The molecule has 2 heterocycles. The maximum atomic E-state index is 10.0. The SMILES string of the molecule is Oc1cc2c(cc1O)[C@H]1c3cc(CC4CCCC4)sc3CN[C@@H]1CC2. The van der Waals surface area contributed by atoms with E-state index in [9.17, 15) is 10.2 Å². The summed E-state index contributed by atoms with van der Waals surface area (Å²) < 4.78 is 0. The van der Waals surface area contributed by atoms with E-state index in [0.29, 0.717) is 12.0 Å². The Kier molecular flexibility index (Phi) is 3.79. The smallest absolute Gasteiger partial charge is 0.157 e. The summed E-state index contributed by atoms with van der Waals surface area (Å²) in [7, 11) is 0. The van der Waals surface area contributed by atoms with Gasteiger partial charge in [0.1, 0.15) is 0 Å². The Morgan fingerprint density at radius 2 is 1.80 bits per heavy atom. The topological polar surface area (TPSA) is 52.5 Å². The molecule has 0 unspecified atom stereocenters. The molecular formula is C21H25NO2S. The number of fused-ring (bicyclic) bond motifs is 5. The number of hydrogen-bond donors (Lipinski definition) is 3. The van der Waals surface area contributed by atoms with E-state index in [2.05, 4.69) is 11.4 Å². The molecule has 0 saturated heterocycles. The molecule has 2 aromatic rings. The van der Waals surface area contributed by atoms with Crippen LogP contribution in [0.4, 0.5) is 0 Å². The highest BCUT2D eigenvalue weighted by atomic mass is 32.1. The van der Waals surface area contributed by atoms with Crippen molar-refractivity contribution in [2.45, 2.75) is 63.5 Å². The van der Waals surface area contributed by atoms with Crippen molar-refractivity contribution in [1.29, 1.82) is 0 Å². The lowest BCUT2D eigenvalue weighted by molar-refractivity contribution is 0.382. The van der Waals surface area contributed by atoms with Gasteiger partial charge in [-0.25, -0.2) is 0 Å². The van der Waals surface area contributed by atoms with E-state index >= 15 is 0 Å². The summed E-state index contributed by atoms with van der Waals surface area (Å²) in [6.07, 6.45) is 8.88. The normalized spacial score (nSPS) is 25.4. The second-order valence-corrected chi connectivity index (χ2v) is 9.21. The summed E-state index contributed by atoms with van der Waals surface area (Å²) >= 11 is 1.99. The van der Waals surface area contributed by atoms with Crippen LogP contribution in [-0.2, 0) is 19.4 Å². The highest BCUT2D eigenvalue weighted by molar-refractivity contribution is 7.12. The van der Waals surface area contributed by atoms with Gasteiger partial charge >= 0.3 is 0 Å². The van der Waals surface area contributed by atoms with Crippen molar-refractivity contribution >= 4 is 11.3 Å². The van der Waals surface area contributed by atoms with Crippen LogP contribution in [0, 0.1) is 5.92 Å². The largest absolute Gasteiger partial charge is 0.504 e. The molecule has 5 rings (SSSR count). The Bertz CT molecular complexity index is 806. The van der Waals surface area contributed by atoms with Crippen molar-refractivity contribution in [3.63, 3.8) is 0 Å². The molecule has 0 spiro atoms. The number of rotatable bonds is 2. The van der Waals surface area contributed by atoms with Crippen molar-refractivity contribution in [3.8, 4) is 11.5 Å². The third-order valence-electron chi connectivity index (χ3n) is 6.42. The first-order chi connectivity index (χ1) is 12.2. The van der Waals surface area contributed by atoms with Gasteiger partial charge in [0.25, 0.3) is 0 Å². The number of aromatic hydroxyl groups is 2. The van der Waals surface area contributed by atoms with E-state index in [1.807, 2.05) is 11.3 Å². The van der Waals surface area contributed by atoms with E-state index in [-0.39, 0.29) is 11.5 Å². The minimum atomic E-state index is 0.00734. The Morgan fingerprint density at radius 3 is 2.64 bits per heavy atom. The van der Waals surface area contributed by atoms with Gasteiger partial charge in [0.15, 0.2) is 11.5 Å². The Balaban J connectivity index is 1.53. The molecule has 25 heavy (non-hydrogen) atoms. The molecule has 0 amide bonds. The Labute approximate surface area is 152 Å². The first-order valence-corrected chi connectivity index (χ1v) is 10.4. The predicted octanol–water partition coefficient (Wildman–Crippen LogP) is 4.44. The third-order valence-corrected chi connectivity index (χ3v) is 7.59. The lowest BCUT2D eigenvalue weighted by Gasteiger charge is -2.38. The lowest BCUT2D eigenvalue weighted by atomic mass is 9.74. The van der Waals surface area contributed by atoms with Gasteiger partial charge in [-0.05, 0) is 60.1 Å². The molecule has 1 fully saturated rings. The number of phenols is 2. The zero-order chi connectivity index (χ0) is 17.0. The molecule has 3 aliphatic rings. The van der Waals surface area contributed by atoms with Crippen molar-refractivity contribution in [2.24, 2.45) is 5.92 Å². The number of thiophene rings is 1. The molecule has 1 aromatic carbocycles. The zero-order valence-electron chi connectivity index (χ0n) is 14.4. The fourth-order valence-electron chi connectivity index (χ4n) is 5.17. The highest BCUT2D eigenvalue weighted by Gasteiger charge is 2.37. The second kappa shape index (κ2) is 6.03. The van der Waals surface area contributed by atoms with Gasteiger partial charge in [-0.15, -0.1) is 11.3 Å². The minimum Gasteiger partial charge on any atom is -0.504 e. The molecule has 2 atom stereocenters. The van der Waals surface area contributed by atoms with Crippen LogP contribution in [0.2, 0.25) is 0 Å². The highest BCUT2D eigenvalue weighted by Crippen LogP contribution is 2.46. The van der Waals surface area contributed by atoms with Crippen LogP contribution in [0.15, 0.2) is 18.2 Å². The number of nitrogens with one attached hydrogen (secondary N) is 1. The summed E-state index contributed by atoms with van der Waals surface area (Å²) in [6.45, 7) is 0.977. The molecule has 3 nitrogen and oxygen atoms in total. The van der Waals surface area contributed by atoms with E-state index in [0.717, 1.165) is 25.3 Å². The van der Waals surface area contributed by atoms with Crippen LogP contribution < -0.4 is 5.32 Å². The number of hydrogen-bond acceptors (Lipinski definition) is 4. The van der Waals surface area contributed by atoms with Gasteiger partial charge in [0.05, 0.1) is 0 Å². The summed E-state index contributed by atoms with van der Waals surface area (Å²) in [5, 5.41) is 23.6. The van der Waals surface area contributed by atoms with E-state index < -0.39 is 0 Å². The molecule has 0 bridgehead atoms. The van der Waals surface area contributed by atoms with Crippen molar-refractivity contribution in [2.75, 3.05) is 0 Å². The van der Waals surface area contributed by atoms with E-state index in [1.54, 1.807) is 12.1 Å². The summed E-state index contributed by atoms with van der Waals surface area (Å²) in [6, 6.07) is 6.46. The molecule has 132 valence electrons. The van der Waals surface area contributed by atoms with Crippen molar-refractivity contribution in [1.82, 2.24) is 5.32 Å². The van der Waals surface area contributed by atoms with Crippen LogP contribution >= 0.6 is 11.3 Å². The average Bonchev–Trinajstić information content (AvgIpc) is 3.25. The van der Waals surface area contributed by atoms with Crippen molar-refractivity contribution in [3.05, 3.63) is 44.6 Å². The maximum absolute atomic E-state index is 10.0. The first-order valence-electron chi connectivity index (χ1n) is 9.58. The molecule has 4 heteroatoms. The molecular weight excluding hydrogens is 330 g/mol. The quantitative estimate of drug-likeness (QED) is 0.698. The minimum absolute atomic E-state index is 0.00734. The van der Waals surface area contributed by atoms with Crippen LogP contribution in [0.25, 0.3) is 0 Å². The number of aryl methyl sites for hydroxylation is 1. The number of phenolic OH excluding ortho intramolecular Hbond substituents is 2. The zero-order valence-corrected chi connectivity index (χ0v) is 15.2. The lowest BCUT2D eigenvalue weighted by Crippen LogP contribution is -2.41. The van der Waals surface area contributed by atoms with Gasteiger partial charge in [-0.3, -0.25) is 0 Å². The molecule has 2 aliphatic carbocycles. The second-order valence-electron chi connectivity index (χ2n) is 7.99. The van der Waals surface area contributed by atoms with Gasteiger partial charge in [-0.1, -0.05) is 25.7 Å². The van der Waals surface area contributed by atoms with Crippen LogP contribution in [0.5, 0.6) is 11.5 Å². The molecule has 1 aromatic heterocycles. The summed E-state index contributed by atoms with van der Waals surface area (Å²) in [5.74, 6) is 1.21. The standard InChI is InChI=1S/C21H25NO2S/c23-18-8-13-5-6-17-21(15(13)10-19(18)24)16-9-14(25-20(16)11-22-17)7-12-3-1-2-4-12/h8-10,12,17,21-24H,1-7,11H2/t17-,21+/m1/s1. The van der Waals surface area contributed by atoms with Crippen molar-refractivity contribution < 1.29 is 10.2 Å². The fourth-order valence-corrected chi connectivity index (χ4v) is 6.45. The van der Waals surface area contributed by atoms with Gasteiger partial charge in [0, 0.05) is 28.3 Å². The summed E-state index contributed by atoms with van der Waals surface area (Å²) in [4.78, 5) is 3.00. The number of benzene rings is 1. The molecule has 1 saturated carbocycles. The molecule has 0 radical (unpaired) electrons. The van der Waals surface area contributed by atoms with Gasteiger partial charge < -0.3 is 15.5 Å². The van der Waals surface area contributed by atoms with E-state index in [4.69, 9.17) is 0 Å². The fraction of sp³-hybridized carbons (Fsp3) is 0.524. The maximum Gasteiger partial charge on any atom is 0.157 e. The van der Waals surface area contributed by atoms with Crippen LogP contribution in [0.1, 0.15) is 64.5 Å². The predicted molar refractivity (Wildman–Crippen MR) is 101 cm³/mol. The van der Waals surface area contributed by atoms with Crippen LogP contribution in [-0.4, -0.2) is 16.3 Å². The average molecular weight is 356 g/mol. The Hall–Kier alpha value is -1.52. The monoisotopic (exact) mass is 355 g/mol. The van der Waals surface area contributed by atoms with E-state index in [1.165, 1.54) is 58.5 Å². The van der Waals surface area contributed by atoms with Gasteiger partial charge in [-0.2, -0.15) is 0 Å². The summed E-state index contributed by atoms with van der Waals surface area (Å²) in [5.41, 5.74) is 3.85. The Morgan fingerprint density at radius 1 is 1.00 bits per heavy atom. The van der Waals surface area contributed by atoms with Gasteiger partial charge in [0.2, 0.25) is 0 Å². The first kappa shape index (κ1) is 15.7. The molecule has 1 aliphatic heterocycles.